The Morgan fingerprint density at radius 1 is 1.12 bits per heavy atom. The number of amides is 1. The van der Waals surface area contributed by atoms with Crippen LogP contribution in [0.3, 0.4) is 0 Å². The van der Waals surface area contributed by atoms with Crippen molar-refractivity contribution in [3.8, 4) is 5.75 Å². The molecule has 1 amide bonds. The molecule has 0 atom stereocenters. The molecule has 3 rings (SSSR count). The fourth-order valence-electron chi connectivity index (χ4n) is 2.54. The summed E-state index contributed by atoms with van der Waals surface area (Å²) in [6.45, 7) is 1.68. The number of hydrogen-bond acceptors (Lipinski definition) is 3. The van der Waals surface area contributed by atoms with Crippen LogP contribution in [0.4, 0.5) is 0 Å². The van der Waals surface area contributed by atoms with Gasteiger partial charge in [-0.2, -0.15) is 0 Å². The number of ether oxygens (including phenoxy) is 1. The molecule has 0 radical (unpaired) electrons. The number of fused-ring (bicyclic) bond motifs is 1. The average molecular weight is 323 g/mol. The Balaban J connectivity index is 1.46. The summed E-state index contributed by atoms with van der Waals surface area (Å²) in [5.41, 5.74) is 2.01. The molecule has 0 aliphatic carbocycles. The number of carbonyl (C=O) groups is 1. The molecule has 1 aromatic heterocycles. The summed E-state index contributed by atoms with van der Waals surface area (Å²) in [5, 5.41) is 0. The number of para-hydroxylation sites is 3. The molecule has 0 unspecified atom stereocenters. The smallest absolute Gasteiger partial charge is 0.224 e. The summed E-state index contributed by atoms with van der Waals surface area (Å²) in [5.74, 6) is 0.924. The van der Waals surface area contributed by atoms with Gasteiger partial charge in [-0.3, -0.25) is 4.79 Å². The molecule has 0 saturated carbocycles. The van der Waals surface area contributed by atoms with Crippen LogP contribution < -0.4 is 4.74 Å². The van der Waals surface area contributed by atoms with Gasteiger partial charge in [0.2, 0.25) is 5.91 Å². The van der Waals surface area contributed by atoms with Crippen LogP contribution in [0.25, 0.3) is 11.0 Å². The molecule has 0 aliphatic rings. The van der Waals surface area contributed by atoms with Crippen LogP contribution in [0.15, 0.2) is 60.9 Å². The van der Waals surface area contributed by atoms with Crippen molar-refractivity contribution >= 4 is 16.9 Å². The predicted molar refractivity (Wildman–Crippen MR) is 93.9 cm³/mol. The van der Waals surface area contributed by atoms with Gasteiger partial charge in [-0.05, 0) is 24.3 Å². The third-order valence-electron chi connectivity index (χ3n) is 3.96. The molecule has 0 spiro atoms. The Labute approximate surface area is 141 Å². The zero-order valence-electron chi connectivity index (χ0n) is 13.8. The van der Waals surface area contributed by atoms with Gasteiger partial charge < -0.3 is 14.2 Å². The van der Waals surface area contributed by atoms with Crippen molar-refractivity contribution in [1.82, 2.24) is 14.5 Å². The number of carbonyl (C=O) groups excluding carboxylic acids is 1. The molecule has 0 saturated heterocycles. The SMILES string of the molecule is CN(CCOc1ccccc1)C(=O)CCn1cnc2ccccc21. The van der Waals surface area contributed by atoms with E-state index in [1.54, 1.807) is 11.2 Å². The molecule has 0 fully saturated rings. The van der Waals surface area contributed by atoms with E-state index in [9.17, 15) is 4.79 Å². The third kappa shape index (κ3) is 3.93. The lowest BCUT2D eigenvalue weighted by molar-refractivity contribution is -0.130. The number of likely N-dealkylation sites (N-methyl/N-ethyl adjacent to an activating group) is 1. The number of aryl methyl sites for hydroxylation is 1. The summed E-state index contributed by atoms with van der Waals surface area (Å²) < 4.78 is 7.64. The number of nitrogens with zero attached hydrogens (tertiary/aromatic N) is 3. The zero-order chi connectivity index (χ0) is 16.8. The highest BCUT2D eigenvalue weighted by molar-refractivity contribution is 5.77. The molecule has 124 valence electrons. The van der Waals surface area contributed by atoms with Crippen molar-refractivity contribution in [1.29, 1.82) is 0 Å². The van der Waals surface area contributed by atoms with Crippen LogP contribution >= 0.6 is 0 Å². The van der Waals surface area contributed by atoms with E-state index in [1.165, 1.54) is 0 Å². The molecule has 3 aromatic rings. The Hall–Kier alpha value is -2.82. The quantitative estimate of drug-likeness (QED) is 0.671. The highest BCUT2D eigenvalue weighted by Gasteiger charge is 2.10. The van der Waals surface area contributed by atoms with Gasteiger partial charge >= 0.3 is 0 Å². The van der Waals surface area contributed by atoms with Crippen molar-refractivity contribution in [3.63, 3.8) is 0 Å². The molecule has 0 N–H and O–H groups in total. The van der Waals surface area contributed by atoms with Crippen molar-refractivity contribution in [2.45, 2.75) is 13.0 Å². The number of hydrogen-bond donors (Lipinski definition) is 0. The fourth-order valence-corrected chi connectivity index (χ4v) is 2.54. The van der Waals surface area contributed by atoms with E-state index in [2.05, 4.69) is 4.98 Å². The summed E-state index contributed by atoms with van der Waals surface area (Å²) in [6.07, 6.45) is 2.23. The largest absolute Gasteiger partial charge is 0.492 e. The maximum atomic E-state index is 12.3. The van der Waals surface area contributed by atoms with E-state index in [0.29, 0.717) is 26.1 Å². The standard InChI is InChI=1S/C19H21N3O2/c1-21(13-14-24-16-7-3-2-4-8-16)19(23)11-12-22-15-20-17-9-5-6-10-18(17)22/h2-10,15H,11-14H2,1H3. The first-order valence-electron chi connectivity index (χ1n) is 8.06. The van der Waals surface area contributed by atoms with Gasteiger partial charge in [-0.25, -0.2) is 4.98 Å². The summed E-state index contributed by atoms with van der Waals surface area (Å²) in [4.78, 5) is 18.3. The molecular weight excluding hydrogens is 302 g/mol. The maximum Gasteiger partial charge on any atom is 0.224 e. The van der Waals surface area contributed by atoms with Crippen LogP contribution in [0.2, 0.25) is 0 Å². The van der Waals surface area contributed by atoms with Crippen LogP contribution in [-0.4, -0.2) is 40.6 Å². The normalized spacial score (nSPS) is 10.7. The van der Waals surface area contributed by atoms with E-state index in [-0.39, 0.29) is 5.91 Å². The lowest BCUT2D eigenvalue weighted by Crippen LogP contribution is -2.31. The van der Waals surface area contributed by atoms with E-state index >= 15 is 0 Å². The first-order valence-corrected chi connectivity index (χ1v) is 8.06. The molecule has 0 bridgehead atoms. The summed E-state index contributed by atoms with van der Waals surface area (Å²) in [6, 6.07) is 17.6. The second-order valence-corrected chi connectivity index (χ2v) is 5.65. The van der Waals surface area contributed by atoms with Crippen molar-refractivity contribution in [3.05, 3.63) is 60.9 Å². The lowest BCUT2D eigenvalue weighted by atomic mass is 10.3. The van der Waals surface area contributed by atoms with Gasteiger partial charge in [0.05, 0.1) is 23.9 Å². The minimum Gasteiger partial charge on any atom is -0.492 e. The first kappa shape index (κ1) is 16.1. The molecule has 5 heteroatoms. The maximum absolute atomic E-state index is 12.3. The van der Waals surface area contributed by atoms with Crippen LogP contribution in [0, 0.1) is 0 Å². The monoisotopic (exact) mass is 323 g/mol. The van der Waals surface area contributed by atoms with Crippen LogP contribution in [0.5, 0.6) is 5.75 Å². The van der Waals surface area contributed by atoms with Gasteiger partial charge in [0.15, 0.2) is 0 Å². The highest BCUT2D eigenvalue weighted by Crippen LogP contribution is 2.12. The van der Waals surface area contributed by atoms with Crippen LogP contribution in [0.1, 0.15) is 6.42 Å². The van der Waals surface area contributed by atoms with Crippen LogP contribution in [-0.2, 0) is 11.3 Å². The predicted octanol–water partition coefficient (Wildman–Crippen LogP) is 2.96. The minimum absolute atomic E-state index is 0.101. The molecule has 24 heavy (non-hydrogen) atoms. The summed E-state index contributed by atoms with van der Waals surface area (Å²) >= 11 is 0. The highest BCUT2D eigenvalue weighted by atomic mass is 16.5. The molecule has 5 nitrogen and oxygen atoms in total. The Morgan fingerprint density at radius 2 is 1.88 bits per heavy atom. The average Bonchev–Trinajstić information content (AvgIpc) is 3.03. The topological polar surface area (TPSA) is 47.4 Å². The molecular formula is C19H21N3O2. The fraction of sp³-hybridized carbons (Fsp3) is 0.263. The van der Waals surface area contributed by atoms with E-state index < -0.39 is 0 Å². The van der Waals surface area contributed by atoms with Crippen molar-refractivity contribution < 1.29 is 9.53 Å². The van der Waals surface area contributed by atoms with Gasteiger partial charge in [0.1, 0.15) is 12.4 Å². The van der Waals surface area contributed by atoms with Crippen molar-refractivity contribution in [2.75, 3.05) is 20.2 Å². The van der Waals surface area contributed by atoms with Crippen molar-refractivity contribution in [2.24, 2.45) is 0 Å². The number of benzene rings is 2. The van der Waals surface area contributed by atoms with Gasteiger partial charge in [0, 0.05) is 20.0 Å². The number of rotatable bonds is 7. The Bertz CT molecular complexity index is 798. The lowest BCUT2D eigenvalue weighted by Gasteiger charge is -2.17. The van der Waals surface area contributed by atoms with Gasteiger partial charge in [-0.1, -0.05) is 30.3 Å². The molecule has 2 aromatic carbocycles. The molecule has 1 heterocycles. The van der Waals surface area contributed by atoms with E-state index in [4.69, 9.17) is 4.74 Å². The van der Waals surface area contributed by atoms with E-state index in [1.807, 2.05) is 66.2 Å². The third-order valence-corrected chi connectivity index (χ3v) is 3.96. The second kappa shape index (κ2) is 7.64. The molecule has 0 aliphatic heterocycles. The Morgan fingerprint density at radius 3 is 2.71 bits per heavy atom. The van der Waals surface area contributed by atoms with E-state index in [0.717, 1.165) is 16.8 Å². The first-order chi connectivity index (χ1) is 11.7. The Kier molecular flexibility index (Phi) is 5.11. The number of aromatic nitrogens is 2. The summed E-state index contributed by atoms with van der Waals surface area (Å²) in [7, 11) is 1.81. The van der Waals surface area contributed by atoms with Gasteiger partial charge in [-0.15, -0.1) is 0 Å². The minimum atomic E-state index is 0.101. The second-order valence-electron chi connectivity index (χ2n) is 5.65. The zero-order valence-corrected chi connectivity index (χ0v) is 13.8. The van der Waals surface area contributed by atoms with Gasteiger partial charge in [0.25, 0.3) is 0 Å². The number of imidazole rings is 1.